The van der Waals surface area contributed by atoms with Gasteiger partial charge in [0, 0.05) is 16.6 Å². The predicted molar refractivity (Wildman–Crippen MR) is 70.0 cm³/mol. The molecule has 2 heteroatoms. The first-order valence-electron chi connectivity index (χ1n) is 6.13. The molecular formula is C14H26N2. The first kappa shape index (κ1) is 13.3. The Labute approximate surface area is 100 Å². The summed E-state index contributed by atoms with van der Waals surface area (Å²) in [6.07, 6.45) is 2.00. The van der Waals surface area contributed by atoms with Crippen LogP contribution in [0.15, 0.2) is 6.33 Å². The van der Waals surface area contributed by atoms with E-state index in [-0.39, 0.29) is 11.0 Å². The van der Waals surface area contributed by atoms with E-state index in [1.54, 1.807) is 0 Å². The quantitative estimate of drug-likeness (QED) is 0.700. The predicted octanol–water partition coefficient (Wildman–Crippen LogP) is 4.06. The van der Waals surface area contributed by atoms with E-state index in [0.717, 1.165) is 0 Å². The molecule has 1 rings (SSSR count). The third kappa shape index (κ3) is 2.47. The van der Waals surface area contributed by atoms with Gasteiger partial charge in [-0.05, 0) is 26.7 Å². The smallest absolute Gasteiger partial charge is 0.0956 e. The van der Waals surface area contributed by atoms with Gasteiger partial charge in [-0.25, -0.2) is 4.98 Å². The van der Waals surface area contributed by atoms with Crippen molar-refractivity contribution in [1.29, 1.82) is 0 Å². The van der Waals surface area contributed by atoms with Crippen molar-refractivity contribution in [3.63, 3.8) is 0 Å². The second-order valence-corrected chi connectivity index (χ2v) is 6.92. The minimum atomic E-state index is 0.107. The molecule has 0 atom stereocenters. The van der Waals surface area contributed by atoms with Gasteiger partial charge in [-0.15, -0.1) is 0 Å². The van der Waals surface area contributed by atoms with Gasteiger partial charge >= 0.3 is 0 Å². The van der Waals surface area contributed by atoms with E-state index in [4.69, 9.17) is 0 Å². The van der Waals surface area contributed by atoms with Crippen molar-refractivity contribution in [1.82, 2.24) is 9.55 Å². The summed E-state index contributed by atoms with van der Waals surface area (Å²) in [7, 11) is 0. The first-order valence-corrected chi connectivity index (χ1v) is 6.13. The Morgan fingerprint density at radius 2 is 1.56 bits per heavy atom. The molecule has 16 heavy (non-hydrogen) atoms. The van der Waals surface area contributed by atoms with Crippen molar-refractivity contribution in [2.24, 2.45) is 0 Å². The summed E-state index contributed by atoms with van der Waals surface area (Å²) in [5.74, 6) is 0.510. The summed E-state index contributed by atoms with van der Waals surface area (Å²) < 4.78 is 2.32. The van der Waals surface area contributed by atoms with Gasteiger partial charge in [-0.3, -0.25) is 0 Å². The number of imidazole rings is 1. The fourth-order valence-electron chi connectivity index (χ4n) is 2.02. The van der Waals surface area contributed by atoms with Crippen molar-refractivity contribution in [3.05, 3.63) is 17.7 Å². The third-order valence-corrected chi connectivity index (χ3v) is 2.78. The molecule has 0 radical (unpaired) electrons. The zero-order valence-electron chi connectivity index (χ0n) is 12.0. The molecule has 1 aromatic heterocycles. The fourth-order valence-corrected chi connectivity index (χ4v) is 2.02. The maximum atomic E-state index is 4.64. The van der Waals surface area contributed by atoms with Crippen LogP contribution in [-0.4, -0.2) is 9.55 Å². The Morgan fingerprint density at radius 1 is 1.06 bits per heavy atom. The summed E-state index contributed by atoms with van der Waals surface area (Å²) in [6, 6.07) is 0. The monoisotopic (exact) mass is 222 g/mol. The molecule has 0 bridgehead atoms. The lowest BCUT2D eigenvalue weighted by atomic mass is 9.87. The normalized spacial score (nSPS) is 13.6. The fraction of sp³-hybridized carbons (Fsp3) is 0.786. The van der Waals surface area contributed by atoms with Gasteiger partial charge in [0.15, 0.2) is 0 Å². The van der Waals surface area contributed by atoms with Gasteiger partial charge in [0.05, 0.1) is 12.0 Å². The first-order chi connectivity index (χ1) is 7.05. The molecule has 92 valence electrons. The maximum Gasteiger partial charge on any atom is 0.0956 e. The van der Waals surface area contributed by atoms with E-state index < -0.39 is 0 Å². The summed E-state index contributed by atoms with van der Waals surface area (Å²) in [4.78, 5) is 4.64. The van der Waals surface area contributed by atoms with E-state index in [1.165, 1.54) is 11.4 Å². The van der Waals surface area contributed by atoms with Crippen LogP contribution in [0, 0.1) is 0 Å². The van der Waals surface area contributed by atoms with Gasteiger partial charge in [0.25, 0.3) is 0 Å². The molecule has 0 fully saturated rings. The average Bonchev–Trinajstić information content (AvgIpc) is 2.43. The molecule has 0 aliphatic heterocycles. The highest BCUT2D eigenvalue weighted by Gasteiger charge is 2.28. The van der Waals surface area contributed by atoms with Gasteiger partial charge in [-0.1, -0.05) is 34.6 Å². The zero-order chi connectivity index (χ0) is 12.7. The van der Waals surface area contributed by atoms with Crippen LogP contribution in [0.4, 0.5) is 0 Å². The number of rotatable bonds is 1. The Bertz CT molecular complexity index is 328. The van der Waals surface area contributed by atoms with E-state index in [2.05, 4.69) is 64.9 Å². The van der Waals surface area contributed by atoms with Crippen LogP contribution in [-0.2, 0) is 11.0 Å². The van der Waals surface area contributed by atoms with E-state index in [9.17, 15) is 0 Å². The molecule has 1 heterocycles. The van der Waals surface area contributed by atoms with Crippen LogP contribution in [0.25, 0.3) is 0 Å². The van der Waals surface area contributed by atoms with Crippen LogP contribution in [0.2, 0.25) is 0 Å². The molecule has 0 spiro atoms. The van der Waals surface area contributed by atoms with E-state index >= 15 is 0 Å². The molecule has 0 N–H and O–H groups in total. The minimum absolute atomic E-state index is 0.107. The molecular weight excluding hydrogens is 196 g/mol. The van der Waals surface area contributed by atoms with Crippen molar-refractivity contribution < 1.29 is 0 Å². The van der Waals surface area contributed by atoms with Crippen molar-refractivity contribution in [2.75, 3.05) is 0 Å². The summed E-state index contributed by atoms with van der Waals surface area (Å²) in [5.41, 5.74) is 2.84. The molecule has 0 aromatic carbocycles. The third-order valence-electron chi connectivity index (χ3n) is 2.78. The molecule has 0 saturated carbocycles. The Hall–Kier alpha value is -0.790. The van der Waals surface area contributed by atoms with Gasteiger partial charge < -0.3 is 4.57 Å². The second kappa shape index (κ2) is 3.90. The molecule has 1 aromatic rings. The largest absolute Gasteiger partial charge is 0.329 e. The van der Waals surface area contributed by atoms with Crippen LogP contribution in [0.3, 0.4) is 0 Å². The van der Waals surface area contributed by atoms with Gasteiger partial charge in [-0.2, -0.15) is 0 Å². The topological polar surface area (TPSA) is 17.8 Å². The van der Waals surface area contributed by atoms with Crippen LogP contribution >= 0.6 is 0 Å². The van der Waals surface area contributed by atoms with Crippen molar-refractivity contribution >= 4 is 0 Å². The van der Waals surface area contributed by atoms with Gasteiger partial charge in [0.2, 0.25) is 0 Å². The molecule has 0 aliphatic carbocycles. The standard InChI is InChI=1S/C14H26N2/c1-10(2)11-12(13(3,4)5)15-9-16(11)14(6,7)8/h9-10H,1-8H3. The van der Waals surface area contributed by atoms with Crippen LogP contribution in [0.5, 0.6) is 0 Å². The highest BCUT2D eigenvalue weighted by Crippen LogP contribution is 2.32. The highest BCUT2D eigenvalue weighted by molar-refractivity contribution is 5.25. The zero-order valence-corrected chi connectivity index (χ0v) is 12.0. The highest BCUT2D eigenvalue weighted by atomic mass is 15.1. The minimum Gasteiger partial charge on any atom is -0.329 e. The Morgan fingerprint density at radius 3 is 1.88 bits per heavy atom. The molecule has 0 unspecified atom stereocenters. The van der Waals surface area contributed by atoms with E-state index in [0.29, 0.717) is 5.92 Å². The Kier molecular flexibility index (Phi) is 3.24. The number of hydrogen-bond donors (Lipinski definition) is 0. The lowest BCUT2D eigenvalue weighted by Gasteiger charge is -2.28. The molecule has 0 saturated heterocycles. The SMILES string of the molecule is CC(C)c1c(C(C)(C)C)ncn1C(C)(C)C. The molecule has 0 amide bonds. The lowest BCUT2D eigenvalue weighted by Crippen LogP contribution is -2.25. The van der Waals surface area contributed by atoms with Crippen LogP contribution in [0.1, 0.15) is 72.7 Å². The number of nitrogens with zero attached hydrogens (tertiary/aromatic N) is 2. The van der Waals surface area contributed by atoms with Gasteiger partial charge in [0.1, 0.15) is 0 Å². The van der Waals surface area contributed by atoms with Crippen molar-refractivity contribution in [3.8, 4) is 0 Å². The Balaban J connectivity index is 3.41. The lowest BCUT2D eigenvalue weighted by molar-refractivity contribution is 0.376. The van der Waals surface area contributed by atoms with Crippen LogP contribution < -0.4 is 0 Å². The van der Waals surface area contributed by atoms with Crippen molar-refractivity contribution in [2.45, 2.75) is 72.3 Å². The molecule has 0 aliphatic rings. The van der Waals surface area contributed by atoms with E-state index in [1.807, 2.05) is 6.33 Å². The summed E-state index contributed by atoms with van der Waals surface area (Å²) in [6.45, 7) is 17.9. The number of aromatic nitrogens is 2. The maximum absolute atomic E-state index is 4.64. The molecule has 2 nitrogen and oxygen atoms in total. The average molecular weight is 222 g/mol. The summed E-state index contributed by atoms with van der Waals surface area (Å²) >= 11 is 0. The second-order valence-electron chi connectivity index (χ2n) is 6.92. The number of hydrogen-bond acceptors (Lipinski definition) is 1. The summed E-state index contributed by atoms with van der Waals surface area (Å²) in [5, 5.41) is 0.